The van der Waals surface area contributed by atoms with Crippen LogP contribution in [0.2, 0.25) is 0 Å². The standard InChI is InChI=1S/C12H13N3O3S/c1-7-10(11(16)17)19-12(15-7)14-6-8-3-4-9(18-2)13-5-8/h3-5H,6H2,1-2H3,(H,14,15)(H,16,17). The molecule has 2 heterocycles. The number of thiazole rings is 1. The van der Waals surface area contributed by atoms with Crippen LogP contribution in [0.3, 0.4) is 0 Å². The topological polar surface area (TPSA) is 84.3 Å². The van der Waals surface area contributed by atoms with Gasteiger partial charge in [0.05, 0.1) is 12.8 Å². The van der Waals surface area contributed by atoms with Crippen molar-refractivity contribution in [2.75, 3.05) is 12.4 Å². The number of ether oxygens (including phenoxy) is 1. The van der Waals surface area contributed by atoms with Crippen molar-refractivity contribution in [1.29, 1.82) is 0 Å². The number of pyridine rings is 1. The maximum atomic E-state index is 10.9. The van der Waals surface area contributed by atoms with Crippen molar-refractivity contribution < 1.29 is 14.6 Å². The van der Waals surface area contributed by atoms with Crippen molar-refractivity contribution in [3.05, 3.63) is 34.5 Å². The van der Waals surface area contributed by atoms with Crippen molar-refractivity contribution in [1.82, 2.24) is 9.97 Å². The average molecular weight is 279 g/mol. The second-order valence-corrected chi connectivity index (χ2v) is 4.80. The minimum atomic E-state index is -0.950. The van der Waals surface area contributed by atoms with E-state index in [1.165, 1.54) is 0 Å². The van der Waals surface area contributed by atoms with Crippen LogP contribution in [0.15, 0.2) is 18.3 Å². The zero-order valence-corrected chi connectivity index (χ0v) is 11.3. The molecule has 0 fully saturated rings. The van der Waals surface area contributed by atoms with Crippen molar-refractivity contribution in [2.45, 2.75) is 13.5 Å². The lowest BCUT2D eigenvalue weighted by Gasteiger charge is -2.03. The van der Waals surface area contributed by atoms with Crippen LogP contribution in [0.1, 0.15) is 20.9 Å². The van der Waals surface area contributed by atoms with Crippen LogP contribution in [-0.2, 0) is 6.54 Å². The number of hydrogen-bond donors (Lipinski definition) is 2. The molecule has 2 rings (SSSR count). The fraction of sp³-hybridized carbons (Fsp3) is 0.250. The summed E-state index contributed by atoms with van der Waals surface area (Å²) in [6.07, 6.45) is 1.70. The second kappa shape index (κ2) is 5.66. The van der Waals surface area contributed by atoms with E-state index in [1.54, 1.807) is 26.3 Å². The number of nitrogens with zero attached hydrogens (tertiary/aromatic N) is 2. The van der Waals surface area contributed by atoms with E-state index >= 15 is 0 Å². The Morgan fingerprint density at radius 2 is 2.32 bits per heavy atom. The number of carboxylic acid groups (broad SMARTS) is 1. The van der Waals surface area contributed by atoms with Crippen molar-refractivity contribution in [2.24, 2.45) is 0 Å². The quantitative estimate of drug-likeness (QED) is 0.872. The molecule has 0 bridgehead atoms. The Hall–Kier alpha value is -2.15. The van der Waals surface area contributed by atoms with E-state index in [4.69, 9.17) is 9.84 Å². The van der Waals surface area contributed by atoms with Gasteiger partial charge in [-0.1, -0.05) is 17.4 Å². The third-order valence-corrected chi connectivity index (χ3v) is 3.54. The first kappa shape index (κ1) is 13.3. The molecular formula is C12H13N3O3S. The summed E-state index contributed by atoms with van der Waals surface area (Å²) < 4.78 is 4.97. The van der Waals surface area contributed by atoms with Crippen LogP contribution in [0, 0.1) is 6.92 Å². The van der Waals surface area contributed by atoms with Gasteiger partial charge in [-0.05, 0) is 12.5 Å². The number of aryl methyl sites for hydroxylation is 1. The summed E-state index contributed by atoms with van der Waals surface area (Å²) in [6, 6.07) is 3.66. The van der Waals surface area contributed by atoms with Gasteiger partial charge in [-0.2, -0.15) is 0 Å². The van der Waals surface area contributed by atoms with Gasteiger partial charge in [0.15, 0.2) is 5.13 Å². The highest BCUT2D eigenvalue weighted by Crippen LogP contribution is 2.22. The van der Waals surface area contributed by atoms with Crippen molar-refractivity contribution in [3.63, 3.8) is 0 Å². The summed E-state index contributed by atoms with van der Waals surface area (Å²) in [7, 11) is 1.56. The number of anilines is 1. The molecule has 0 atom stereocenters. The van der Waals surface area contributed by atoms with E-state index in [0.29, 0.717) is 23.3 Å². The molecule has 0 unspecified atom stereocenters. The Kier molecular flexibility index (Phi) is 3.96. The van der Waals surface area contributed by atoms with Crippen LogP contribution in [0.4, 0.5) is 5.13 Å². The number of methoxy groups -OCH3 is 1. The lowest BCUT2D eigenvalue weighted by Crippen LogP contribution is -1.99. The first-order valence-corrected chi connectivity index (χ1v) is 6.35. The molecule has 0 aliphatic rings. The predicted octanol–water partition coefficient (Wildman–Crippen LogP) is 2.17. The molecule has 0 aromatic carbocycles. The van der Waals surface area contributed by atoms with E-state index in [0.717, 1.165) is 16.9 Å². The Morgan fingerprint density at radius 3 is 2.84 bits per heavy atom. The summed E-state index contributed by atoms with van der Waals surface area (Å²) in [5, 5.41) is 12.6. The molecule has 6 nitrogen and oxygen atoms in total. The fourth-order valence-electron chi connectivity index (χ4n) is 1.48. The second-order valence-electron chi connectivity index (χ2n) is 3.80. The molecule has 2 aromatic heterocycles. The van der Waals surface area contributed by atoms with Gasteiger partial charge in [0, 0.05) is 18.8 Å². The highest BCUT2D eigenvalue weighted by Gasteiger charge is 2.13. The third kappa shape index (κ3) is 3.19. The lowest BCUT2D eigenvalue weighted by atomic mass is 10.3. The molecule has 2 aromatic rings. The van der Waals surface area contributed by atoms with Crippen LogP contribution >= 0.6 is 11.3 Å². The van der Waals surface area contributed by atoms with Gasteiger partial charge in [-0.3, -0.25) is 0 Å². The molecule has 0 amide bonds. The zero-order chi connectivity index (χ0) is 13.8. The first-order chi connectivity index (χ1) is 9.10. The maximum absolute atomic E-state index is 10.9. The lowest BCUT2D eigenvalue weighted by molar-refractivity contribution is 0.0701. The van der Waals surface area contributed by atoms with E-state index in [-0.39, 0.29) is 4.88 Å². The Bertz CT molecular complexity index is 580. The minimum Gasteiger partial charge on any atom is -0.481 e. The largest absolute Gasteiger partial charge is 0.481 e. The summed E-state index contributed by atoms with van der Waals surface area (Å²) in [5.74, 6) is -0.392. The van der Waals surface area contributed by atoms with E-state index < -0.39 is 5.97 Å². The van der Waals surface area contributed by atoms with Crippen LogP contribution in [-0.4, -0.2) is 28.2 Å². The van der Waals surface area contributed by atoms with Gasteiger partial charge < -0.3 is 15.2 Å². The molecular weight excluding hydrogens is 266 g/mol. The smallest absolute Gasteiger partial charge is 0.347 e. The number of nitrogens with one attached hydrogen (secondary N) is 1. The number of carbonyl (C=O) groups is 1. The Balaban J connectivity index is 2.01. The van der Waals surface area contributed by atoms with Gasteiger partial charge in [0.1, 0.15) is 4.88 Å². The summed E-state index contributed by atoms with van der Waals surface area (Å²) in [6.45, 7) is 2.21. The molecule has 0 saturated heterocycles. The Morgan fingerprint density at radius 1 is 1.53 bits per heavy atom. The molecule has 19 heavy (non-hydrogen) atoms. The number of hydrogen-bond acceptors (Lipinski definition) is 6. The SMILES string of the molecule is COc1ccc(CNc2nc(C)c(C(=O)O)s2)cn1. The number of aromatic nitrogens is 2. The molecule has 0 aliphatic heterocycles. The van der Waals surface area contributed by atoms with Gasteiger partial charge in [0.2, 0.25) is 5.88 Å². The monoisotopic (exact) mass is 279 g/mol. The molecule has 100 valence electrons. The highest BCUT2D eigenvalue weighted by molar-refractivity contribution is 7.17. The van der Waals surface area contributed by atoms with Crippen molar-refractivity contribution in [3.8, 4) is 5.88 Å². The minimum absolute atomic E-state index is 0.260. The maximum Gasteiger partial charge on any atom is 0.347 e. The van der Waals surface area contributed by atoms with Gasteiger partial charge in [-0.25, -0.2) is 14.8 Å². The zero-order valence-electron chi connectivity index (χ0n) is 10.5. The third-order valence-electron chi connectivity index (χ3n) is 2.44. The molecule has 7 heteroatoms. The van der Waals surface area contributed by atoms with Crippen molar-refractivity contribution >= 4 is 22.4 Å². The first-order valence-electron chi connectivity index (χ1n) is 5.53. The summed E-state index contributed by atoms with van der Waals surface area (Å²) in [4.78, 5) is 19.4. The van der Waals surface area contributed by atoms with E-state index in [1.807, 2.05) is 6.07 Å². The average Bonchev–Trinajstić information content (AvgIpc) is 2.78. The normalized spacial score (nSPS) is 10.2. The predicted molar refractivity (Wildman–Crippen MR) is 71.9 cm³/mol. The molecule has 2 N–H and O–H groups in total. The number of rotatable bonds is 5. The fourth-order valence-corrected chi connectivity index (χ4v) is 2.29. The number of carboxylic acids is 1. The van der Waals surface area contributed by atoms with Crippen LogP contribution < -0.4 is 10.1 Å². The Labute approximate surface area is 114 Å². The molecule has 0 spiro atoms. The van der Waals surface area contributed by atoms with Gasteiger partial charge in [-0.15, -0.1) is 0 Å². The van der Waals surface area contributed by atoms with Gasteiger partial charge >= 0.3 is 5.97 Å². The molecule has 0 radical (unpaired) electrons. The summed E-state index contributed by atoms with van der Waals surface area (Å²) in [5.41, 5.74) is 1.48. The summed E-state index contributed by atoms with van der Waals surface area (Å²) >= 11 is 1.13. The van der Waals surface area contributed by atoms with Gasteiger partial charge in [0.25, 0.3) is 0 Å². The van der Waals surface area contributed by atoms with E-state index in [9.17, 15) is 4.79 Å². The highest BCUT2D eigenvalue weighted by atomic mass is 32.1. The molecule has 0 saturated carbocycles. The molecule has 0 aliphatic carbocycles. The van der Waals surface area contributed by atoms with E-state index in [2.05, 4.69) is 15.3 Å². The van der Waals surface area contributed by atoms with Crippen LogP contribution in [0.5, 0.6) is 5.88 Å². The number of aromatic carboxylic acids is 1. The van der Waals surface area contributed by atoms with Crippen LogP contribution in [0.25, 0.3) is 0 Å².